The minimum atomic E-state index is -0.250. The molecule has 0 aliphatic rings. The highest BCUT2D eigenvalue weighted by atomic mass is 32.1. The number of rotatable bonds is 8. The van der Waals surface area contributed by atoms with Gasteiger partial charge in [0.1, 0.15) is 0 Å². The molecule has 0 radical (unpaired) electrons. The number of amides is 3. The number of carbonyl (C=O) groups is 3. The Labute approximate surface area is 176 Å². The highest BCUT2D eigenvalue weighted by Crippen LogP contribution is 2.18. The molecule has 0 spiro atoms. The van der Waals surface area contributed by atoms with Crippen molar-refractivity contribution in [3.05, 3.63) is 63.3 Å². The molecular weight excluding hydrogens is 408 g/mol. The zero-order valence-corrected chi connectivity index (χ0v) is 17.4. The lowest BCUT2D eigenvalue weighted by Gasteiger charge is -2.07. The summed E-state index contributed by atoms with van der Waals surface area (Å²) in [4.78, 5) is 41.5. The van der Waals surface area contributed by atoms with Crippen LogP contribution >= 0.6 is 22.7 Å². The highest BCUT2D eigenvalue weighted by Gasteiger charge is 2.12. The van der Waals surface area contributed by atoms with E-state index in [-0.39, 0.29) is 24.1 Å². The topological polar surface area (TPSA) is 100 Å². The number of thiazole rings is 1. The molecule has 0 aliphatic carbocycles. The number of carbonyl (C=O) groups excluding carboxylic acids is 3. The van der Waals surface area contributed by atoms with Crippen LogP contribution in [0.25, 0.3) is 0 Å². The van der Waals surface area contributed by atoms with E-state index in [9.17, 15) is 14.4 Å². The van der Waals surface area contributed by atoms with Gasteiger partial charge in [-0.05, 0) is 36.6 Å². The van der Waals surface area contributed by atoms with Gasteiger partial charge >= 0.3 is 0 Å². The van der Waals surface area contributed by atoms with Crippen molar-refractivity contribution in [1.82, 2.24) is 10.3 Å². The van der Waals surface area contributed by atoms with Crippen LogP contribution in [0, 0.1) is 0 Å². The maximum absolute atomic E-state index is 12.3. The van der Waals surface area contributed by atoms with Gasteiger partial charge in [0.15, 0.2) is 5.13 Å². The van der Waals surface area contributed by atoms with Crippen molar-refractivity contribution >= 4 is 51.2 Å². The average molecular weight is 429 g/mol. The van der Waals surface area contributed by atoms with Gasteiger partial charge in [-0.25, -0.2) is 4.98 Å². The van der Waals surface area contributed by atoms with E-state index in [4.69, 9.17) is 0 Å². The van der Waals surface area contributed by atoms with Gasteiger partial charge in [0, 0.05) is 28.1 Å². The normalized spacial score (nSPS) is 10.4. The lowest BCUT2D eigenvalue weighted by atomic mass is 10.2. The molecule has 29 heavy (non-hydrogen) atoms. The molecule has 0 atom stereocenters. The molecule has 2 heterocycles. The number of hydrogen-bond donors (Lipinski definition) is 3. The first-order chi connectivity index (χ1) is 14.0. The third-order valence-electron chi connectivity index (χ3n) is 3.80. The first-order valence-electron chi connectivity index (χ1n) is 8.98. The molecule has 150 valence electrons. The largest absolute Gasteiger partial charge is 0.352 e. The summed E-state index contributed by atoms with van der Waals surface area (Å²) in [5, 5.41) is 12.4. The summed E-state index contributed by atoms with van der Waals surface area (Å²) in [6, 6.07) is 10.6. The molecule has 3 rings (SSSR count). The van der Waals surface area contributed by atoms with Crippen LogP contribution in [0.2, 0.25) is 0 Å². The van der Waals surface area contributed by atoms with Crippen molar-refractivity contribution in [3.63, 3.8) is 0 Å². The molecule has 9 heteroatoms. The van der Waals surface area contributed by atoms with Crippen LogP contribution in [0.3, 0.4) is 0 Å². The van der Waals surface area contributed by atoms with Gasteiger partial charge in [-0.1, -0.05) is 12.1 Å². The van der Waals surface area contributed by atoms with E-state index >= 15 is 0 Å². The van der Waals surface area contributed by atoms with E-state index < -0.39 is 0 Å². The van der Waals surface area contributed by atoms with Crippen LogP contribution in [0.5, 0.6) is 0 Å². The third kappa shape index (κ3) is 6.23. The average Bonchev–Trinajstić information content (AvgIpc) is 3.34. The van der Waals surface area contributed by atoms with E-state index in [0.29, 0.717) is 35.0 Å². The Morgan fingerprint density at radius 2 is 1.83 bits per heavy atom. The summed E-state index contributed by atoms with van der Waals surface area (Å²) in [6.07, 6.45) is 0.373. The summed E-state index contributed by atoms with van der Waals surface area (Å²) in [7, 11) is 0. The Bertz CT molecular complexity index is 999. The molecule has 0 unspecified atom stereocenters. The van der Waals surface area contributed by atoms with Crippen LogP contribution < -0.4 is 16.0 Å². The lowest BCUT2D eigenvalue weighted by Crippen LogP contribution is -2.23. The second-order valence-electron chi connectivity index (χ2n) is 6.11. The molecule has 7 nitrogen and oxygen atoms in total. The minimum Gasteiger partial charge on any atom is -0.352 e. The van der Waals surface area contributed by atoms with Crippen molar-refractivity contribution in [2.45, 2.75) is 19.8 Å². The zero-order chi connectivity index (χ0) is 20.6. The quantitative estimate of drug-likeness (QED) is 0.512. The summed E-state index contributed by atoms with van der Waals surface area (Å²) in [5.74, 6) is -0.578. The Hall–Kier alpha value is -3.04. The van der Waals surface area contributed by atoms with Gasteiger partial charge in [-0.2, -0.15) is 0 Å². The number of benzene rings is 1. The molecule has 3 amide bonds. The van der Waals surface area contributed by atoms with Crippen molar-refractivity contribution in [3.8, 4) is 0 Å². The SMILES string of the molecule is CCNC(=O)c1cccc(NC(=O)Cc2csc(NC(=O)Cc3cccs3)n2)c1. The van der Waals surface area contributed by atoms with E-state index in [2.05, 4.69) is 20.9 Å². The van der Waals surface area contributed by atoms with E-state index in [1.165, 1.54) is 22.7 Å². The van der Waals surface area contributed by atoms with Crippen LogP contribution in [0.15, 0.2) is 47.2 Å². The standard InChI is InChI=1S/C20H20N4O3S2/c1-2-21-19(27)13-5-3-6-14(9-13)22-17(25)10-15-12-29-20(23-15)24-18(26)11-16-7-4-8-28-16/h3-9,12H,2,10-11H2,1H3,(H,21,27)(H,22,25)(H,23,24,26). The predicted molar refractivity (Wildman–Crippen MR) is 116 cm³/mol. The van der Waals surface area contributed by atoms with E-state index in [0.717, 1.165) is 4.88 Å². The molecule has 0 aliphatic heterocycles. The lowest BCUT2D eigenvalue weighted by molar-refractivity contribution is -0.116. The number of hydrogen-bond acceptors (Lipinski definition) is 6. The molecule has 3 aromatic rings. The van der Waals surface area contributed by atoms with Crippen LogP contribution in [-0.2, 0) is 22.4 Å². The molecule has 3 N–H and O–H groups in total. The fraction of sp³-hybridized carbons (Fsp3) is 0.200. The summed E-state index contributed by atoms with van der Waals surface area (Å²) < 4.78 is 0. The fourth-order valence-corrected chi connectivity index (χ4v) is 3.98. The fourth-order valence-electron chi connectivity index (χ4n) is 2.55. The number of thiophene rings is 1. The first-order valence-corrected chi connectivity index (χ1v) is 10.7. The second kappa shape index (κ2) is 9.94. The molecular formula is C20H20N4O3S2. The number of aromatic nitrogens is 1. The predicted octanol–water partition coefficient (Wildman–Crippen LogP) is 3.32. The summed E-state index contributed by atoms with van der Waals surface area (Å²) in [5.41, 5.74) is 1.59. The Morgan fingerprint density at radius 1 is 1.00 bits per heavy atom. The smallest absolute Gasteiger partial charge is 0.251 e. The van der Waals surface area contributed by atoms with Crippen LogP contribution in [0.1, 0.15) is 27.9 Å². The second-order valence-corrected chi connectivity index (χ2v) is 8.00. The Balaban J connectivity index is 1.53. The molecule has 1 aromatic carbocycles. The van der Waals surface area contributed by atoms with Crippen molar-refractivity contribution in [2.24, 2.45) is 0 Å². The maximum Gasteiger partial charge on any atom is 0.251 e. The minimum absolute atomic E-state index is 0.0721. The summed E-state index contributed by atoms with van der Waals surface area (Å²) in [6.45, 7) is 2.38. The molecule has 0 saturated carbocycles. The van der Waals surface area contributed by atoms with Gasteiger partial charge in [-0.3, -0.25) is 14.4 Å². The van der Waals surface area contributed by atoms with Crippen molar-refractivity contribution in [1.29, 1.82) is 0 Å². The van der Waals surface area contributed by atoms with Crippen molar-refractivity contribution in [2.75, 3.05) is 17.2 Å². The number of anilines is 2. The van der Waals surface area contributed by atoms with E-state index in [1.54, 1.807) is 29.6 Å². The maximum atomic E-state index is 12.3. The third-order valence-corrected chi connectivity index (χ3v) is 5.48. The molecule has 2 aromatic heterocycles. The number of nitrogens with zero attached hydrogens (tertiary/aromatic N) is 1. The monoisotopic (exact) mass is 428 g/mol. The Morgan fingerprint density at radius 3 is 2.59 bits per heavy atom. The van der Waals surface area contributed by atoms with Crippen molar-refractivity contribution < 1.29 is 14.4 Å². The zero-order valence-electron chi connectivity index (χ0n) is 15.7. The highest BCUT2D eigenvalue weighted by molar-refractivity contribution is 7.14. The summed E-state index contributed by atoms with van der Waals surface area (Å²) >= 11 is 2.80. The van der Waals surface area contributed by atoms with Gasteiger partial charge in [0.05, 0.1) is 18.5 Å². The number of nitrogens with one attached hydrogen (secondary N) is 3. The molecule has 0 bridgehead atoms. The molecule has 0 saturated heterocycles. The van der Waals surface area contributed by atoms with Gasteiger partial charge in [0.2, 0.25) is 11.8 Å². The van der Waals surface area contributed by atoms with Crippen LogP contribution in [-0.4, -0.2) is 29.3 Å². The van der Waals surface area contributed by atoms with Gasteiger partial charge in [-0.15, -0.1) is 22.7 Å². The Kier molecular flexibility index (Phi) is 7.09. The van der Waals surface area contributed by atoms with Gasteiger partial charge < -0.3 is 16.0 Å². The molecule has 0 fully saturated rings. The van der Waals surface area contributed by atoms with E-state index in [1.807, 2.05) is 24.4 Å². The van der Waals surface area contributed by atoms with Crippen LogP contribution in [0.4, 0.5) is 10.8 Å². The van der Waals surface area contributed by atoms with Gasteiger partial charge in [0.25, 0.3) is 5.91 Å². The first kappa shape index (κ1) is 20.7.